The molecule has 2 nitrogen and oxygen atoms in total. The molecule has 0 aliphatic carbocycles. The lowest BCUT2D eigenvalue weighted by atomic mass is 9.98. The molecule has 0 unspecified atom stereocenters. The molecule has 2 heterocycles. The van der Waals surface area contributed by atoms with Crippen LogP contribution in [0.25, 0.3) is 80.7 Å². The van der Waals surface area contributed by atoms with Crippen molar-refractivity contribution >= 4 is 81.1 Å². The Bertz CT molecular complexity index is 3120. The van der Waals surface area contributed by atoms with E-state index in [2.05, 4.69) is 216 Å². The number of fused-ring (bicyclic) bond motifs is 10. The quantitative estimate of drug-likeness (QED) is 0.166. The molecule has 0 amide bonds. The summed E-state index contributed by atoms with van der Waals surface area (Å²) in [7, 11) is 0. The highest BCUT2D eigenvalue weighted by atomic mass is 32.1. The molecule has 0 bridgehead atoms. The van der Waals surface area contributed by atoms with Crippen LogP contribution in [0.5, 0.6) is 0 Å². The first-order valence-electron chi connectivity index (χ1n) is 18.8. The van der Waals surface area contributed by atoms with Crippen molar-refractivity contribution in [2.75, 3.05) is 4.90 Å². The first-order valence-corrected chi connectivity index (χ1v) is 19.6. The predicted molar refractivity (Wildman–Crippen MR) is 237 cm³/mol. The fraction of sp³-hybridized carbons (Fsp3) is 0. The zero-order valence-electron chi connectivity index (χ0n) is 29.9. The van der Waals surface area contributed by atoms with E-state index >= 15 is 0 Å². The summed E-state index contributed by atoms with van der Waals surface area (Å²) in [5, 5.41) is 7.66. The fourth-order valence-electron chi connectivity index (χ4n) is 8.46. The fourth-order valence-corrected chi connectivity index (χ4v) is 9.69. The third-order valence-electron chi connectivity index (χ3n) is 10.9. The number of para-hydroxylation sites is 2. The Hall–Kier alpha value is -6.94. The maximum atomic E-state index is 2.52. The van der Waals surface area contributed by atoms with Crippen molar-refractivity contribution in [1.82, 2.24) is 4.57 Å². The van der Waals surface area contributed by atoms with Crippen LogP contribution >= 0.6 is 11.3 Å². The maximum Gasteiger partial charge on any atom is 0.0640 e. The Kier molecular flexibility index (Phi) is 7.39. The van der Waals surface area contributed by atoms with Gasteiger partial charge in [-0.2, -0.15) is 0 Å². The number of thiophene rings is 1. The van der Waals surface area contributed by atoms with Crippen LogP contribution < -0.4 is 4.90 Å². The van der Waals surface area contributed by atoms with E-state index in [4.69, 9.17) is 0 Å². The van der Waals surface area contributed by atoms with Crippen molar-refractivity contribution in [2.24, 2.45) is 0 Å². The van der Waals surface area contributed by atoms with Crippen LogP contribution in [0, 0.1) is 0 Å². The van der Waals surface area contributed by atoms with E-state index < -0.39 is 0 Å². The summed E-state index contributed by atoms with van der Waals surface area (Å²) in [5.41, 5.74) is 11.8. The van der Waals surface area contributed by atoms with E-state index in [9.17, 15) is 0 Å². The summed E-state index contributed by atoms with van der Waals surface area (Å²) >= 11 is 1.90. The predicted octanol–water partition coefficient (Wildman–Crippen LogP) is 15.1. The summed E-state index contributed by atoms with van der Waals surface area (Å²) in [5.74, 6) is 0. The molecule has 0 fully saturated rings. The van der Waals surface area contributed by atoms with Gasteiger partial charge in [0.1, 0.15) is 0 Å². The largest absolute Gasteiger partial charge is 0.310 e. The van der Waals surface area contributed by atoms with Gasteiger partial charge in [-0.05, 0) is 94.4 Å². The molecule has 0 spiro atoms. The molecule has 11 rings (SSSR count). The van der Waals surface area contributed by atoms with Crippen molar-refractivity contribution < 1.29 is 0 Å². The monoisotopic (exact) mass is 718 g/mol. The molecule has 11 aromatic rings. The molecule has 258 valence electrons. The molecule has 0 aliphatic rings. The molecular weight excluding hydrogens is 685 g/mol. The van der Waals surface area contributed by atoms with Crippen molar-refractivity contribution in [2.45, 2.75) is 0 Å². The molecule has 0 saturated heterocycles. The molecule has 0 atom stereocenters. The summed E-state index contributed by atoms with van der Waals surface area (Å²) in [6.45, 7) is 0. The Balaban J connectivity index is 1.27. The van der Waals surface area contributed by atoms with E-state index in [0.29, 0.717) is 0 Å². The molecule has 0 radical (unpaired) electrons. The van der Waals surface area contributed by atoms with Crippen molar-refractivity contribution in [3.63, 3.8) is 0 Å². The zero-order chi connectivity index (χ0) is 36.3. The first-order chi connectivity index (χ1) is 27.3. The van der Waals surface area contributed by atoms with Gasteiger partial charge < -0.3 is 9.47 Å². The molecule has 2 aromatic heterocycles. The SMILES string of the molecule is c1ccc(-c2ccc(-n3c4ccc(N(c5ccccc5)c5ccccc5)cc4c4c5ccccc5c5sc6ccc(-c7ccccc7)cc6c5c43)cc2)cc1. The van der Waals surface area contributed by atoms with Gasteiger partial charge in [0, 0.05) is 59.1 Å². The van der Waals surface area contributed by atoms with Gasteiger partial charge >= 0.3 is 0 Å². The third kappa shape index (κ3) is 5.16. The number of rotatable bonds is 6. The minimum Gasteiger partial charge on any atom is -0.310 e. The standard InChI is InChI=1S/C52H34N2S/c1-5-15-35(16-6-1)37-25-28-41(29-26-37)54-47-31-30-42(53(39-19-9-3-10-20-39)40-21-11-4-12-22-40)34-45(47)49-43-23-13-14-24-44(43)52-50(51(49)54)46-33-38(27-32-48(46)55-52)36-17-7-2-8-18-36/h1-34H. The number of hydrogen-bond donors (Lipinski definition) is 0. The molecule has 3 heteroatoms. The lowest BCUT2D eigenvalue weighted by molar-refractivity contribution is 1.19. The zero-order valence-corrected chi connectivity index (χ0v) is 30.7. The number of anilines is 3. The molecule has 9 aromatic carbocycles. The highest BCUT2D eigenvalue weighted by molar-refractivity contribution is 7.27. The van der Waals surface area contributed by atoms with E-state index in [-0.39, 0.29) is 0 Å². The van der Waals surface area contributed by atoms with Crippen LogP contribution in [0.3, 0.4) is 0 Å². The van der Waals surface area contributed by atoms with E-state index in [1.807, 2.05) is 11.3 Å². The second-order valence-electron chi connectivity index (χ2n) is 14.1. The van der Waals surface area contributed by atoms with E-state index in [0.717, 1.165) is 22.7 Å². The number of hydrogen-bond acceptors (Lipinski definition) is 2. The molecule has 0 N–H and O–H groups in total. The second kappa shape index (κ2) is 12.9. The topological polar surface area (TPSA) is 8.17 Å². The van der Waals surface area contributed by atoms with Crippen molar-refractivity contribution in [3.8, 4) is 27.9 Å². The van der Waals surface area contributed by atoms with Gasteiger partial charge in [0.15, 0.2) is 0 Å². The van der Waals surface area contributed by atoms with Gasteiger partial charge in [-0.1, -0.05) is 140 Å². The smallest absolute Gasteiger partial charge is 0.0640 e. The molecule has 0 saturated carbocycles. The highest BCUT2D eigenvalue weighted by Crippen LogP contribution is 2.49. The Morgan fingerprint density at radius 2 is 0.909 bits per heavy atom. The lowest BCUT2D eigenvalue weighted by Crippen LogP contribution is -2.09. The van der Waals surface area contributed by atoms with Crippen LogP contribution in [0.4, 0.5) is 17.1 Å². The van der Waals surface area contributed by atoms with Gasteiger partial charge in [0.05, 0.1) is 11.0 Å². The Morgan fingerprint density at radius 1 is 0.364 bits per heavy atom. The van der Waals surface area contributed by atoms with Gasteiger partial charge in [-0.15, -0.1) is 11.3 Å². The van der Waals surface area contributed by atoms with Gasteiger partial charge in [0.2, 0.25) is 0 Å². The van der Waals surface area contributed by atoms with Crippen molar-refractivity contribution in [3.05, 3.63) is 206 Å². The van der Waals surface area contributed by atoms with Gasteiger partial charge in [-0.3, -0.25) is 0 Å². The summed E-state index contributed by atoms with van der Waals surface area (Å²) in [6.07, 6.45) is 0. The van der Waals surface area contributed by atoms with Gasteiger partial charge in [-0.25, -0.2) is 0 Å². The number of aromatic nitrogens is 1. The average Bonchev–Trinajstić information content (AvgIpc) is 3.81. The van der Waals surface area contributed by atoms with Crippen LogP contribution in [0.15, 0.2) is 206 Å². The average molecular weight is 719 g/mol. The van der Waals surface area contributed by atoms with Gasteiger partial charge in [0.25, 0.3) is 0 Å². The molecule has 55 heavy (non-hydrogen) atoms. The number of nitrogens with zero attached hydrogens (tertiary/aromatic N) is 2. The van der Waals surface area contributed by atoms with Crippen LogP contribution in [0.1, 0.15) is 0 Å². The van der Waals surface area contributed by atoms with Crippen LogP contribution in [-0.2, 0) is 0 Å². The third-order valence-corrected chi connectivity index (χ3v) is 12.1. The molecular formula is C52H34N2S. The minimum absolute atomic E-state index is 1.12. The Morgan fingerprint density at radius 3 is 1.56 bits per heavy atom. The minimum atomic E-state index is 1.12. The summed E-state index contributed by atoms with van der Waals surface area (Å²) < 4.78 is 5.14. The lowest BCUT2D eigenvalue weighted by Gasteiger charge is -2.25. The maximum absolute atomic E-state index is 2.52. The first kappa shape index (κ1) is 31.6. The normalized spacial score (nSPS) is 11.6. The summed E-state index contributed by atoms with van der Waals surface area (Å²) in [4.78, 5) is 2.37. The van der Waals surface area contributed by atoms with Crippen LogP contribution in [-0.4, -0.2) is 4.57 Å². The summed E-state index contributed by atoms with van der Waals surface area (Å²) in [6, 6.07) is 74.9. The highest BCUT2D eigenvalue weighted by Gasteiger charge is 2.24. The van der Waals surface area contributed by atoms with Crippen molar-refractivity contribution in [1.29, 1.82) is 0 Å². The van der Waals surface area contributed by atoms with Crippen LogP contribution in [0.2, 0.25) is 0 Å². The van der Waals surface area contributed by atoms with E-state index in [1.165, 1.54) is 75.0 Å². The second-order valence-corrected chi connectivity index (χ2v) is 15.2. The number of benzene rings is 9. The molecule has 0 aliphatic heterocycles. The van der Waals surface area contributed by atoms with E-state index in [1.54, 1.807) is 0 Å². The Labute approximate surface area is 323 Å².